The molecule has 1 aromatic carbocycles. The quantitative estimate of drug-likeness (QED) is 0.804. The SMILES string of the molecule is C#CCN1CCN(CCC(=O)Nc2ccc(OC)cc2)CC1. The Kier molecular flexibility index (Phi) is 6.26. The summed E-state index contributed by atoms with van der Waals surface area (Å²) in [6.45, 7) is 5.39. The van der Waals surface area contributed by atoms with Gasteiger partial charge < -0.3 is 15.0 Å². The maximum Gasteiger partial charge on any atom is 0.225 e. The molecule has 0 spiro atoms. The van der Waals surface area contributed by atoms with Crippen molar-refractivity contribution in [1.29, 1.82) is 0 Å². The van der Waals surface area contributed by atoms with Crippen molar-refractivity contribution in [3.05, 3.63) is 24.3 Å². The van der Waals surface area contributed by atoms with Gasteiger partial charge in [0.05, 0.1) is 13.7 Å². The number of carbonyl (C=O) groups is 1. The molecule has 1 N–H and O–H groups in total. The third-order valence-electron chi connectivity index (χ3n) is 3.81. The molecule has 1 aliphatic heterocycles. The molecule has 1 amide bonds. The lowest BCUT2D eigenvalue weighted by atomic mass is 10.2. The zero-order valence-corrected chi connectivity index (χ0v) is 13.0. The Morgan fingerprint density at radius 2 is 1.86 bits per heavy atom. The van der Waals surface area contributed by atoms with Crippen molar-refractivity contribution in [1.82, 2.24) is 9.80 Å². The number of anilines is 1. The lowest BCUT2D eigenvalue weighted by molar-refractivity contribution is -0.116. The van der Waals surface area contributed by atoms with E-state index in [2.05, 4.69) is 21.0 Å². The average Bonchev–Trinajstić information content (AvgIpc) is 2.55. The van der Waals surface area contributed by atoms with E-state index in [0.29, 0.717) is 13.0 Å². The van der Waals surface area contributed by atoms with Gasteiger partial charge in [0.2, 0.25) is 5.91 Å². The Morgan fingerprint density at radius 1 is 1.23 bits per heavy atom. The first-order valence-corrected chi connectivity index (χ1v) is 7.53. The van der Waals surface area contributed by atoms with Crippen LogP contribution in [0.15, 0.2) is 24.3 Å². The molecule has 5 nitrogen and oxygen atoms in total. The zero-order valence-electron chi connectivity index (χ0n) is 13.0. The number of ether oxygens (including phenoxy) is 1. The zero-order chi connectivity index (χ0) is 15.8. The molecule has 0 aliphatic carbocycles. The fraction of sp³-hybridized carbons (Fsp3) is 0.471. The minimum absolute atomic E-state index is 0.0382. The summed E-state index contributed by atoms with van der Waals surface area (Å²) in [5.74, 6) is 3.49. The normalized spacial score (nSPS) is 16.0. The maximum atomic E-state index is 12.0. The number of nitrogens with zero attached hydrogens (tertiary/aromatic N) is 2. The molecule has 0 aromatic heterocycles. The summed E-state index contributed by atoms with van der Waals surface area (Å²) in [6, 6.07) is 7.35. The van der Waals surface area contributed by atoms with Crippen molar-refractivity contribution in [2.24, 2.45) is 0 Å². The number of amides is 1. The number of carbonyl (C=O) groups excluding carboxylic acids is 1. The average molecular weight is 301 g/mol. The van der Waals surface area contributed by atoms with Gasteiger partial charge in [0, 0.05) is 44.8 Å². The van der Waals surface area contributed by atoms with Crippen LogP contribution in [0.3, 0.4) is 0 Å². The molecule has 0 unspecified atom stereocenters. The highest BCUT2D eigenvalue weighted by Crippen LogP contribution is 2.15. The second-order valence-corrected chi connectivity index (χ2v) is 5.35. The van der Waals surface area contributed by atoms with Gasteiger partial charge in [-0.25, -0.2) is 0 Å². The number of terminal acetylenes is 1. The molecule has 1 aromatic rings. The minimum Gasteiger partial charge on any atom is -0.497 e. The van der Waals surface area contributed by atoms with Gasteiger partial charge in [-0.3, -0.25) is 9.69 Å². The summed E-state index contributed by atoms with van der Waals surface area (Å²) in [5, 5.41) is 2.90. The van der Waals surface area contributed by atoms with E-state index < -0.39 is 0 Å². The van der Waals surface area contributed by atoms with Gasteiger partial charge in [-0.05, 0) is 24.3 Å². The van der Waals surface area contributed by atoms with Crippen LogP contribution in [0.2, 0.25) is 0 Å². The van der Waals surface area contributed by atoms with Crippen LogP contribution in [0.1, 0.15) is 6.42 Å². The van der Waals surface area contributed by atoms with Gasteiger partial charge in [-0.15, -0.1) is 6.42 Å². The van der Waals surface area contributed by atoms with Gasteiger partial charge in [-0.1, -0.05) is 5.92 Å². The van der Waals surface area contributed by atoms with Gasteiger partial charge >= 0.3 is 0 Å². The van der Waals surface area contributed by atoms with Crippen molar-refractivity contribution in [2.45, 2.75) is 6.42 Å². The van der Waals surface area contributed by atoms with Crippen LogP contribution >= 0.6 is 0 Å². The van der Waals surface area contributed by atoms with Crippen molar-refractivity contribution in [3.8, 4) is 18.1 Å². The first-order valence-electron chi connectivity index (χ1n) is 7.53. The molecule has 5 heteroatoms. The standard InChI is InChI=1S/C17H23N3O2/c1-3-9-19-11-13-20(14-12-19)10-8-17(21)18-15-4-6-16(22-2)7-5-15/h1,4-7H,8-14H2,2H3,(H,18,21). The van der Waals surface area contributed by atoms with E-state index in [9.17, 15) is 4.79 Å². The summed E-state index contributed by atoms with van der Waals surface area (Å²) in [6.07, 6.45) is 5.82. The van der Waals surface area contributed by atoms with Gasteiger partial charge in [-0.2, -0.15) is 0 Å². The van der Waals surface area contributed by atoms with E-state index in [1.807, 2.05) is 24.3 Å². The topological polar surface area (TPSA) is 44.8 Å². The summed E-state index contributed by atoms with van der Waals surface area (Å²) < 4.78 is 5.09. The minimum atomic E-state index is 0.0382. The number of rotatable bonds is 6. The fourth-order valence-electron chi connectivity index (χ4n) is 2.46. The molecular weight excluding hydrogens is 278 g/mol. The van der Waals surface area contributed by atoms with Crippen molar-refractivity contribution < 1.29 is 9.53 Å². The predicted octanol–water partition coefficient (Wildman–Crippen LogP) is 1.27. The number of piperazine rings is 1. The number of hydrogen-bond donors (Lipinski definition) is 1. The van der Waals surface area contributed by atoms with Gasteiger partial charge in [0.1, 0.15) is 5.75 Å². The summed E-state index contributed by atoms with van der Waals surface area (Å²) in [5.41, 5.74) is 0.796. The van der Waals surface area contributed by atoms with Crippen molar-refractivity contribution >= 4 is 11.6 Å². The number of benzene rings is 1. The van der Waals surface area contributed by atoms with E-state index >= 15 is 0 Å². The highest BCUT2D eigenvalue weighted by atomic mass is 16.5. The number of hydrogen-bond acceptors (Lipinski definition) is 4. The molecule has 0 bridgehead atoms. The molecule has 1 fully saturated rings. The molecule has 0 saturated carbocycles. The third kappa shape index (κ3) is 5.06. The van der Waals surface area contributed by atoms with Crippen LogP contribution in [0.4, 0.5) is 5.69 Å². The van der Waals surface area contributed by atoms with Crippen LogP contribution in [-0.4, -0.2) is 62.1 Å². The molecule has 22 heavy (non-hydrogen) atoms. The number of nitrogens with one attached hydrogen (secondary N) is 1. The van der Waals surface area contributed by atoms with Gasteiger partial charge in [0.25, 0.3) is 0 Å². The molecule has 118 valence electrons. The lowest BCUT2D eigenvalue weighted by Crippen LogP contribution is -2.46. The van der Waals surface area contributed by atoms with E-state index in [1.54, 1.807) is 7.11 Å². The van der Waals surface area contributed by atoms with Crippen molar-refractivity contribution in [3.63, 3.8) is 0 Å². The Morgan fingerprint density at radius 3 is 2.45 bits per heavy atom. The third-order valence-corrected chi connectivity index (χ3v) is 3.81. The second-order valence-electron chi connectivity index (χ2n) is 5.35. The summed E-state index contributed by atoms with van der Waals surface area (Å²) in [7, 11) is 1.62. The van der Waals surface area contributed by atoms with Crippen molar-refractivity contribution in [2.75, 3.05) is 51.7 Å². The lowest BCUT2D eigenvalue weighted by Gasteiger charge is -2.33. The van der Waals surface area contributed by atoms with Crippen LogP contribution in [0, 0.1) is 12.3 Å². The Labute approximate surface area is 132 Å². The Hall–Kier alpha value is -2.03. The maximum absolute atomic E-state index is 12.0. The van der Waals surface area contributed by atoms with E-state index in [4.69, 9.17) is 11.2 Å². The molecule has 0 radical (unpaired) electrons. The molecule has 1 aliphatic rings. The van der Waals surface area contributed by atoms with E-state index in [-0.39, 0.29) is 5.91 Å². The highest BCUT2D eigenvalue weighted by molar-refractivity contribution is 5.90. The van der Waals surface area contributed by atoms with Crippen LogP contribution in [0.5, 0.6) is 5.75 Å². The Balaban J connectivity index is 1.68. The smallest absolute Gasteiger partial charge is 0.225 e. The first kappa shape index (κ1) is 16.3. The molecule has 0 atom stereocenters. The molecule has 1 saturated heterocycles. The van der Waals surface area contributed by atoms with Crippen LogP contribution in [-0.2, 0) is 4.79 Å². The van der Waals surface area contributed by atoms with Crippen LogP contribution < -0.4 is 10.1 Å². The fourth-order valence-corrected chi connectivity index (χ4v) is 2.46. The van der Waals surface area contributed by atoms with Crippen LogP contribution in [0.25, 0.3) is 0 Å². The number of methoxy groups -OCH3 is 1. The highest BCUT2D eigenvalue weighted by Gasteiger charge is 2.16. The predicted molar refractivity (Wildman–Crippen MR) is 88.0 cm³/mol. The Bertz CT molecular complexity index is 514. The molecule has 1 heterocycles. The summed E-state index contributed by atoms with van der Waals surface area (Å²) in [4.78, 5) is 16.5. The van der Waals surface area contributed by atoms with E-state index in [0.717, 1.165) is 44.2 Å². The van der Waals surface area contributed by atoms with E-state index in [1.165, 1.54) is 0 Å². The monoisotopic (exact) mass is 301 g/mol. The summed E-state index contributed by atoms with van der Waals surface area (Å²) >= 11 is 0. The first-order chi connectivity index (χ1) is 10.7. The largest absolute Gasteiger partial charge is 0.497 e. The second kappa shape index (κ2) is 8.42. The molecular formula is C17H23N3O2. The van der Waals surface area contributed by atoms with Gasteiger partial charge in [0.15, 0.2) is 0 Å². The molecule has 2 rings (SSSR count).